The lowest BCUT2D eigenvalue weighted by molar-refractivity contribution is -0.306. The van der Waals surface area contributed by atoms with E-state index in [2.05, 4.69) is 0 Å². The van der Waals surface area contributed by atoms with Gasteiger partial charge in [0.05, 0.1) is 0 Å². The summed E-state index contributed by atoms with van der Waals surface area (Å²) < 4.78 is 0. The average Bonchev–Trinajstić information content (AvgIpc) is 1.63. The highest BCUT2D eigenvalue weighted by molar-refractivity contribution is 5.64. The predicted octanol–water partition coefficient (Wildman–Crippen LogP) is 0.563. The molecule has 2 nitrogen and oxygen atoms in total. The maximum absolute atomic E-state index is 9.97. The molecule has 0 heterocycles. The van der Waals surface area contributed by atoms with Gasteiger partial charge in [-0.25, -0.2) is 0 Å². The van der Waals surface area contributed by atoms with Crippen LogP contribution in [0.3, 0.4) is 0 Å². The van der Waals surface area contributed by atoms with Crippen molar-refractivity contribution >= 4 is 5.97 Å². The lowest BCUT2D eigenvalue weighted by Gasteiger charge is -2.08. The van der Waals surface area contributed by atoms with Gasteiger partial charge in [-0.2, -0.15) is 0 Å². The van der Waals surface area contributed by atoms with Crippen molar-refractivity contribution in [3.05, 3.63) is 0 Å². The van der Waals surface area contributed by atoms with Crippen LogP contribution in [0.4, 0.5) is 0 Å². The number of rotatable bonds is 4. The van der Waals surface area contributed by atoms with Crippen LogP contribution in [0, 0.1) is 5.92 Å². The first-order valence-corrected chi connectivity index (χ1v) is 3.36. The smallest absolute Gasteiger partial charge is 0.0416 e. The van der Waals surface area contributed by atoms with Crippen LogP contribution >= 0.6 is 0 Å². The number of carboxylic acids is 1. The minimum absolute atomic E-state index is 0.202. The normalized spacial score (nSPS) is 13.1. The summed E-state index contributed by atoms with van der Waals surface area (Å²) in [6.45, 7) is 3.98. The number of hydrogen-bond donors (Lipinski definition) is 0. The highest BCUT2D eigenvalue weighted by Gasteiger charge is 1.98. The van der Waals surface area contributed by atoms with Gasteiger partial charge in [0.15, 0.2) is 0 Å². The van der Waals surface area contributed by atoms with Gasteiger partial charge in [0, 0.05) is 5.97 Å². The van der Waals surface area contributed by atoms with Crippen molar-refractivity contribution in [3.63, 3.8) is 0 Å². The molecule has 0 spiro atoms. The van der Waals surface area contributed by atoms with Crippen molar-refractivity contribution in [2.24, 2.45) is 5.92 Å². The largest absolute Gasteiger partial charge is 0.550 e. The highest BCUT2D eigenvalue weighted by atomic mass is 16.4. The Morgan fingerprint density at radius 2 is 2.22 bits per heavy atom. The number of carbonyl (C=O) groups excluding carboxylic acids is 1. The molecule has 0 saturated heterocycles. The predicted molar refractivity (Wildman–Crippen MR) is 33.7 cm³/mol. The summed E-state index contributed by atoms with van der Waals surface area (Å²) in [4.78, 5) is 9.97. The summed E-state index contributed by atoms with van der Waals surface area (Å²) in [5.74, 6) is -0.657. The molecule has 0 bridgehead atoms. The van der Waals surface area contributed by atoms with E-state index in [0.717, 1.165) is 12.8 Å². The summed E-state index contributed by atoms with van der Waals surface area (Å²) in [6, 6.07) is 0. The Morgan fingerprint density at radius 3 is 2.56 bits per heavy atom. The molecule has 2 heteroatoms. The van der Waals surface area contributed by atoms with Crippen LogP contribution in [0.1, 0.15) is 33.1 Å². The zero-order chi connectivity index (χ0) is 7.28. The third kappa shape index (κ3) is 5.34. The second kappa shape index (κ2) is 4.36. The summed E-state index contributed by atoms with van der Waals surface area (Å²) in [7, 11) is 0. The number of carboxylic acid groups (broad SMARTS) is 1. The molecule has 0 radical (unpaired) electrons. The Kier molecular flexibility index (Phi) is 4.10. The molecule has 1 unspecified atom stereocenters. The molecule has 0 rings (SSSR count). The fraction of sp³-hybridized carbons (Fsp3) is 0.857. The molecule has 0 saturated carbocycles. The minimum atomic E-state index is -0.934. The monoisotopic (exact) mass is 129 g/mol. The van der Waals surface area contributed by atoms with Crippen molar-refractivity contribution in [1.82, 2.24) is 0 Å². The van der Waals surface area contributed by atoms with E-state index in [-0.39, 0.29) is 12.3 Å². The molecule has 1 atom stereocenters. The molecular weight excluding hydrogens is 116 g/mol. The lowest BCUT2D eigenvalue weighted by Crippen LogP contribution is -2.24. The average molecular weight is 129 g/mol. The van der Waals surface area contributed by atoms with Gasteiger partial charge in [-0.05, 0) is 12.3 Å². The zero-order valence-electron chi connectivity index (χ0n) is 6.02. The van der Waals surface area contributed by atoms with Gasteiger partial charge in [-0.1, -0.05) is 26.7 Å². The quantitative estimate of drug-likeness (QED) is 0.556. The fourth-order valence-electron chi connectivity index (χ4n) is 0.879. The van der Waals surface area contributed by atoms with E-state index in [4.69, 9.17) is 0 Å². The van der Waals surface area contributed by atoms with Crippen LogP contribution in [-0.4, -0.2) is 5.97 Å². The molecule has 0 aliphatic heterocycles. The van der Waals surface area contributed by atoms with Crippen LogP contribution in [-0.2, 0) is 4.79 Å². The van der Waals surface area contributed by atoms with Gasteiger partial charge < -0.3 is 9.90 Å². The SMILES string of the molecule is CCCC(C)CC(=O)[O-]. The molecule has 0 N–H and O–H groups in total. The van der Waals surface area contributed by atoms with E-state index < -0.39 is 5.97 Å². The summed E-state index contributed by atoms with van der Waals surface area (Å²) >= 11 is 0. The Hall–Kier alpha value is -0.530. The van der Waals surface area contributed by atoms with E-state index in [0.29, 0.717) is 0 Å². The second-order valence-electron chi connectivity index (χ2n) is 2.47. The molecule has 0 aliphatic rings. The van der Waals surface area contributed by atoms with Gasteiger partial charge in [0.25, 0.3) is 0 Å². The Labute approximate surface area is 55.9 Å². The third-order valence-corrected chi connectivity index (χ3v) is 1.30. The van der Waals surface area contributed by atoms with E-state index in [1.165, 1.54) is 0 Å². The Bertz CT molecular complexity index is 88.9. The minimum Gasteiger partial charge on any atom is -0.550 e. The molecule has 0 amide bonds. The van der Waals surface area contributed by atoms with E-state index in [1.807, 2.05) is 13.8 Å². The number of aliphatic carboxylic acids is 1. The van der Waals surface area contributed by atoms with E-state index >= 15 is 0 Å². The summed E-state index contributed by atoms with van der Waals surface area (Å²) in [5, 5.41) is 9.97. The molecule has 0 aliphatic carbocycles. The first-order chi connectivity index (χ1) is 4.16. The van der Waals surface area contributed by atoms with Gasteiger partial charge in [-0.3, -0.25) is 0 Å². The Balaban J connectivity index is 3.26. The first kappa shape index (κ1) is 8.47. The van der Waals surface area contributed by atoms with Gasteiger partial charge in [0.1, 0.15) is 0 Å². The molecule has 0 aromatic rings. The third-order valence-electron chi connectivity index (χ3n) is 1.30. The van der Waals surface area contributed by atoms with Crippen LogP contribution in [0.2, 0.25) is 0 Å². The molecule has 9 heavy (non-hydrogen) atoms. The number of carbonyl (C=O) groups is 1. The van der Waals surface area contributed by atoms with Crippen LogP contribution in [0.5, 0.6) is 0 Å². The topological polar surface area (TPSA) is 40.1 Å². The highest BCUT2D eigenvalue weighted by Crippen LogP contribution is 2.07. The van der Waals surface area contributed by atoms with Crippen LogP contribution in [0.15, 0.2) is 0 Å². The lowest BCUT2D eigenvalue weighted by atomic mass is 10.0. The van der Waals surface area contributed by atoms with Gasteiger partial charge >= 0.3 is 0 Å². The van der Waals surface area contributed by atoms with Crippen molar-refractivity contribution in [3.8, 4) is 0 Å². The van der Waals surface area contributed by atoms with Crippen LogP contribution < -0.4 is 5.11 Å². The molecule has 54 valence electrons. The van der Waals surface area contributed by atoms with Crippen molar-refractivity contribution < 1.29 is 9.90 Å². The summed E-state index contributed by atoms with van der Waals surface area (Å²) in [6.07, 6.45) is 2.23. The van der Waals surface area contributed by atoms with Crippen molar-refractivity contribution in [2.75, 3.05) is 0 Å². The fourth-order valence-corrected chi connectivity index (χ4v) is 0.879. The molecule has 0 aromatic heterocycles. The van der Waals surface area contributed by atoms with Gasteiger partial charge in [-0.15, -0.1) is 0 Å². The maximum atomic E-state index is 9.97. The maximum Gasteiger partial charge on any atom is 0.0416 e. The second-order valence-corrected chi connectivity index (χ2v) is 2.47. The Morgan fingerprint density at radius 1 is 1.67 bits per heavy atom. The van der Waals surface area contributed by atoms with Crippen molar-refractivity contribution in [1.29, 1.82) is 0 Å². The van der Waals surface area contributed by atoms with Gasteiger partial charge in [0.2, 0.25) is 0 Å². The van der Waals surface area contributed by atoms with E-state index in [9.17, 15) is 9.90 Å². The van der Waals surface area contributed by atoms with Crippen LogP contribution in [0.25, 0.3) is 0 Å². The zero-order valence-corrected chi connectivity index (χ0v) is 6.02. The summed E-state index contributed by atoms with van der Waals surface area (Å²) in [5.41, 5.74) is 0. The molecular formula is C7H13O2-. The molecule has 0 aromatic carbocycles. The van der Waals surface area contributed by atoms with Crippen molar-refractivity contribution in [2.45, 2.75) is 33.1 Å². The number of hydrogen-bond acceptors (Lipinski definition) is 2. The molecule has 0 fully saturated rings. The first-order valence-electron chi connectivity index (χ1n) is 3.36. The van der Waals surface area contributed by atoms with E-state index in [1.54, 1.807) is 0 Å². The standard InChI is InChI=1S/C7H14O2/c1-3-4-6(2)5-7(8)9/h6H,3-5H2,1-2H3,(H,8,9)/p-1.